The Balaban J connectivity index is 2.10. The topological polar surface area (TPSA) is 58.6 Å². The summed E-state index contributed by atoms with van der Waals surface area (Å²) >= 11 is 0. The summed E-state index contributed by atoms with van der Waals surface area (Å²) in [6.45, 7) is 2.48. The Morgan fingerprint density at radius 3 is 2.67 bits per heavy atom. The summed E-state index contributed by atoms with van der Waals surface area (Å²) in [5.41, 5.74) is 0.962. The first-order valence-corrected chi connectivity index (χ1v) is 7.35. The maximum absolute atomic E-state index is 12.6. The first-order valence-electron chi connectivity index (χ1n) is 7.35. The summed E-state index contributed by atoms with van der Waals surface area (Å²) in [4.78, 5) is 25.7. The second-order valence-corrected chi connectivity index (χ2v) is 5.17. The SMILES string of the molecule is CCCC1NC(c2ccccc2)C(=O)N1CCC(=O)OC. The molecule has 0 bridgehead atoms. The highest BCUT2D eigenvalue weighted by Crippen LogP contribution is 2.26. The van der Waals surface area contributed by atoms with Crippen LogP contribution in [0, 0.1) is 0 Å². The van der Waals surface area contributed by atoms with Crippen LogP contribution in [-0.2, 0) is 14.3 Å². The number of rotatable bonds is 6. The molecule has 5 heteroatoms. The van der Waals surface area contributed by atoms with Gasteiger partial charge < -0.3 is 9.64 Å². The number of carbonyl (C=O) groups excluding carboxylic acids is 2. The number of carbonyl (C=O) groups is 2. The maximum Gasteiger partial charge on any atom is 0.307 e. The van der Waals surface area contributed by atoms with Gasteiger partial charge in [-0.2, -0.15) is 0 Å². The third kappa shape index (κ3) is 3.61. The van der Waals surface area contributed by atoms with Crippen LogP contribution in [0.1, 0.15) is 37.8 Å². The molecule has 1 aliphatic rings. The number of nitrogens with one attached hydrogen (secondary N) is 1. The van der Waals surface area contributed by atoms with Gasteiger partial charge in [-0.1, -0.05) is 43.7 Å². The van der Waals surface area contributed by atoms with E-state index in [9.17, 15) is 9.59 Å². The molecule has 1 amide bonds. The van der Waals surface area contributed by atoms with Crippen molar-refractivity contribution in [3.05, 3.63) is 35.9 Å². The van der Waals surface area contributed by atoms with E-state index >= 15 is 0 Å². The molecule has 0 spiro atoms. The van der Waals surface area contributed by atoms with E-state index in [2.05, 4.69) is 17.0 Å². The van der Waals surface area contributed by atoms with Crippen molar-refractivity contribution >= 4 is 11.9 Å². The van der Waals surface area contributed by atoms with Gasteiger partial charge in [0.05, 0.1) is 19.7 Å². The fourth-order valence-electron chi connectivity index (χ4n) is 2.65. The molecule has 1 heterocycles. The van der Waals surface area contributed by atoms with Crippen LogP contribution in [0.3, 0.4) is 0 Å². The number of esters is 1. The maximum atomic E-state index is 12.6. The molecule has 1 aliphatic heterocycles. The Labute approximate surface area is 125 Å². The van der Waals surface area contributed by atoms with Crippen molar-refractivity contribution in [3.63, 3.8) is 0 Å². The van der Waals surface area contributed by atoms with Gasteiger partial charge in [-0.05, 0) is 12.0 Å². The van der Waals surface area contributed by atoms with Crippen LogP contribution < -0.4 is 5.32 Å². The van der Waals surface area contributed by atoms with E-state index in [-0.39, 0.29) is 30.5 Å². The predicted octanol–water partition coefficient (Wildman–Crippen LogP) is 1.85. The molecule has 1 aromatic rings. The second kappa shape index (κ2) is 7.22. The largest absolute Gasteiger partial charge is 0.469 e. The third-order valence-corrected chi connectivity index (χ3v) is 3.74. The summed E-state index contributed by atoms with van der Waals surface area (Å²) in [6.07, 6.45) is 2.06. The van der Waals surface area contributed by atoms with E-state index in [1.165, 1.54) is 7.11 Å². The van der Waals surface area contributed by atoms with Gasteiger partial charge in [0.15, 0.2) is 0 Å². The Morgan fingerprint density at radius 1 is 1.33 bits per heavy atom. The summed E-state index contributed by atoms with van der Waals surface area (Å²) < 4.78 is 4.65. The summed E-state index contributed by atoms with van der Waals surface area (Å²) in [5, 5.41) is 3.37. The predicted molar refractivity (Wildman–Crippen MR) is 79.4 cm³/mol. The van der Waals surface area contributed by atoms with Crippen LogP contribution in [0.15, 0.2) is 30.3 Å². The first kappa shape index (κ1) is 15.5. The fourth-order valence-corrected chi connectivity index (χ4v) is 2.65. The minimum absolute atomic E-state index is 0.0163. The number of methoxy groups -OCH3 is 1. The van der Waals surface area contributed by atoms with Gasteiger partial charge >= 0.3 is 5.97 Å². The summed E-state index contributed by atoms with van der Waals surface area (Å²) in [7, 11) is 1.36. The van der Waals surface area contributed by atoms with E-state index < -0.39 is 0 Å². The van der Waals surface area contributed by atoms with E-state index in [0.717, 1.165) is 18.4 Å². The quantitative estimate of drug-likeness (QED) is 0.812. The molecule has 114 valence electrons. The number of hydrogen-bond donors (Lipinski definition) is 1. The molecule has 1 fully saturated rings. The average Bonchev–Trinajstić information content (AvgIpc) is 2.82. The molecule has 21 heavy (non-hydrogen) atoms. The van der Waals surface area contributed by atoms with Crippen molar-refractivity contribution in [3.8, 4) is 0 Å². The normalized spacial score (nSPS) is 21.6. The van der Waals surface area contributed by atoms with E-state index in [0.29, 0.717) is 6.54 Å². The van der Waals surface area contributed by atoms with E-state index in [4.69, 9.17) is 0 Å². The number of nitrogens with zero attached hydrogens (tertiary/aromatic N) is 1. The number of ether oxygens (including phenoxy) is 1. The molecule has 0 radical (unpaired) electrons. The third-order valence-electron chi connectivity index (χ3n) is 3.74. The van der Waals surface area contributed by atoms with E-state index in [1.54, 1.807) is 4.90 Å². The highest BCUT2D eigenvalue weighted by Gasteiger charge is 2.38. The zero-order valence-electron chi connectivity index (χ0n) is 12.5. The lowest BCUT2D eigenvalue weighted by molar-refractivity contribution is -0.141. The minimum atomic E-state index is -0.319. The van der Waals surface area contributed by atoms with E-state index in [1.807, 2.05) is 30.3 Å². The molecular formula is C16H22N2O3. The van der Waals surface area contributed by atoms with Crippen molar-refractivity contribution in [2.45, 2.75) is 38.4 Å². The Bertz CT molecular complexity index is 490. The lowest BCUT2D eigenvalue weighted by Crippen LogP contribution is -2.38. The van der Waals surface area contributed by atoms with Gasteiger partial charge in [0.25, 0.3) is 0 Å². The number of amides is 1. The van der Waals surface area contributed by atoms with Gasteiger partial charge in [-0.25, -0.2) is 0 Å². The Kier molecular flexibility index (Phi) is 5.33. The van der Waals surface area contributed by atoms with Crippen molar-refractivity contribution in [2.24, 2.45) is 0 Å². The highest BCUT2D eigenvalue weighted by molar-refractivity contribution is 5.86. The molecule has 2 atom stereocenters. The molecule has 5 nitrogen and oxygen atoms in total. The molecule has 1 saturated heterocycles. The average molecular weight is 290 g/mol. The Morgan fingerprint density at radius 2 is 2.05 bits per heavy atom. The standard InChI is InChI=1S/C16H22N2O3/c1-3-7-13-17-15(12-8-5-4-6-9-12)16(20)18(13)11-10-14(19)21-2/h4-6,8-9,13,15,17H,3,7,10-11H2,1-2H3. The zero-order valence-corrected chi connectivity index (χ0v) is 12.5. The molecule has 0 aliphatic carbocycles. The van der Waals surface area contributed by atoms with Crippen molar-refractivity contribution in [1.82, 2.24) is 10.2 Å². The summed E-state index contributed by atoms with van der Waals surface area (Å²) in [6, 6.07) is 9.36. The van der Waals surface area contributed by atoms with Crippen molar-refractivity contribution in [2.75, 3.05) is 13.7 Å². The van der Waals surface area contributed by atoms with Gasteiger partial charge in [0, 0.05) is 6.54 Å². The molecule has 0 saturated carbocycles. The zero-order chi connectivity index (χ0) is 15.2. The number of benzene rings is 1. The minimum Gasteiger partial charge on any atom is -0.469 e. The van der Waals surface area contributed by atoms with Crippen LogP contribution in [0.5, 0.6) is 0 Å². The molecule has 0 aromatic heterocycles. The fraction of sp³-hybridized carbons (Fsp3) is 0.500. The van der Waals surface area contributed by atoms with Crippen LogP contribution in [0.25, 0.3) is 0 Å². The molecule has 2 rings (SSSR count). The highest BCUT2D eigenvalue weighted by atomic mass is 16.5. The molecule has 1 N–H and O–H groups in total. The van der Waals surface area contributed by atoms with Gasteiger partial charge in [0.2, 0.25) is 5.91 Å². The van der Waals surface area contributed by atoms with Gasteiger partial charge in [0.1, 0.15) is 6.04 Å². The molecular weight excluding hydrogens is 268 g/mol. The van der Waals surface area contributed by atoms with Crippen LogP contribution in [0.4, 0.5) is 0 Å². The monoisotopic (exact) mass is 290 g/mol. The number of hydrogen-bond acceptors (Lipinski definition) is 4. The Hall–Kier alpha value is -1.88. The van der Waals surface area contributed by atoms with Crippen molar-refractivity contribution < 1.29 is 14.3 Å². The smallest absolute Gasteiger partial charge is 0.307 e. The molecule has 1 aromatic carbocycles. The van der Waals surface area contributed by atoms with Crippen LogP contribution in [0.2, 0.25) is 0 Å². The van der Waals surface area contributed by atoms with Gasteiger partial charge in [-0.15, -0.1) is 0 Å². The second-order valence-electron chi connectivity index (χ2n) is 5.17. The van der Waals surface area contributed by atoms with Crippen LogP contribution in [-0.4, -0.2) is 36.6 Å². The first-order chi connectivity index (χ1) is 10.2. The van der Waals surface area contributed by atoms with Crippen molar-refractivity contribution in [1.29, 1.82) is 0 Å². The van der Waals surface area contributed by atoms with Crippen LogP contribution >= 0.6 is 0 Å². The lowest BCUT2D eigenvalue weighted by Gasteiger charge is -2.23. The molecule has 2 unspecified atom stereocenters. The summed E-state index contributed by atoms with van der Waals surface area (Å²) in [5.74, 6) is -0.259. The lowest BCUT2D eigenvalue weighted by atomic mass is 10.1. The van der Waals surface area contributed by atoms with Gasteiger partial charge in [-0.3, -0.25) is 14.9 Å².